The van der Waals surface area contributed by atoms with E-state index in [1.54, 1.807) is 17.6 Å². The summed E-state index contributed by atoms with van der Waals surface area (Å²) in [6, 6.07) is 5.27. The van der Waals surface area contributed by atoms with Gasteiger partial charge in [0, 0.05) is 15.4 Å². The second-order valence-corrected chi connectivity index (χ2v) is 4.65. The predicted octanol–water partition coefficient (Wildman–Crippen LogP) is 1.25. The highest BCUT2D eigenvalue weighted by molar-refractivity contribution is 9.10. The van der Waals surface area contributed by atoms with Crippen molar-refractivity contribution in [2.45, 2.75) is 0 Å². The van der Waals surface area contributed by atoms with Gasteiger partial charge in [-0.25, -0.2) is 4.98 Å². The van der Waals surface area contributed by atoms with Crippen LogP contribution >= 0.6 is 27.3 Å². The third kappa shape index (κ3) is 2.46. The first kappa shape index (κ1) is 10.8. The third-order valence-electron chi connectivity index (χ3n) is 1.95. The average molecular weight is 284 g/mol. The maximum Gasteiger partial charge on any atom is 0.488 e. The third-order valence-corrected chi connectivity index (χ3v) is 2.99. The standard InChI is InChI=1S/C9H7BBrNO2S/c11-8-2-6(9-4-15-5-12-9)1-7(3-8)10(13)14/h1-5,13-14H. The molecule has 1 aromatic heterocycles. The fourth-order valence-corrected chi connectivity index (χ4v) is 2.34. The van der Waals surface area contributed by atoms with Gasteiger partial charge in [0.05, 0.1) is 11.2 Å². The second kappa shape index (κ2) is 4.44. The molecule has 0 aliphatic carbocycles. The van der Waals surface area contributed by atoms with Crippen molar-refractivity contribution in [2.24, 2.45) is 0 Å². The summed E-state index contributed by atoms with van der Waals surface area (Å²) in [6.07, 6.45) is 0. The van der Waals surface area contributed by atoms with Gasteiger partial charge in [0.25, 0.3) is 0 Å². The van der Waals surface area contributed by atoms with Gasteiger partial charge in [0.1, 0.15) is 0 Å². The number of nitrogens with zero attached hydrogens (tertiary/aromatic N) is 1. The smallest absolute Gasteiger partial charge is 0.423 e. The lowest BCUT2D eigenvalue weighted by Gasteiger charge is -2.03. The topological polar surface area (TPSA) is 53.4 Å². The number of halogens is 1. The highest BCUT2D eigenvalue weighted by Crippen LogP contribution is 2.21. The van der Waals surface area contributed by atoms with Crippen LogP contribution in [0.1, 0.15) is 0 Å². The van der Waals surface area contributed by atoms with E-state index in [2.05, 4.69) is 20.9 Å². The quantitative estimate of drug-likeness (QED) is 0.816. The molecule has 0 amide bonds. The van der Waals surface area contributed by atoms with Gasteiger partial charge in [-0.05, 0) is 17.6 Å². The van der Waals surface area contributed by atoms with E-state index >= 15 is 0 Å². The molecule has 0 saturated heterocycles. The Labute approximate surface area is 99.7 Å². The van der Waals surface area contributed by atoms with Crippen molar-refractivity contribution < 1.29 is 10.0 Å². The number of aromatic nitrogens is 1. The Kier molecular flexibility index (Phi) is 3.21. The summed E-state index contributed by atoms with van der Waals surface area (Å²) in [6.45, 7) is 0. The number of rotatable bonds is 2. The van der Waals surface area contributed by atoms with Crippen molar-refractivity contribution >= 4 is 39.8 Å². The van der Waals surface area contributed by atoms with Gasteiger partial charge in [0.2, 0.25) is 0 Å². The zero-order valence-corrected chi connectivity index (χ0v) is 9.99. The second-order valence-electron chi connectivity index (χ2n) is 3.02. The van der Waals surface area contributed by atoms with Crippen LogP contribution in [0.25, 0.3) is 11.3 Å². The van der Waals surface area contributed by atoms with E-state index in [-0.39, 0.29) is 0 Å². The van der Waals surface area contributed by atoms with Crippen LogP contribution in [0, 0.1) is 0 Å². The summed E-state index contributed by atoms with van der Waals surface area (Å²) in [5.74, 6) is 0. The fraction of sp³-hybridized carbons (Fsp3) is 0. The summed E-state index contributed by atoms with van der Waals surface area (Å²) in [7, 11) is -1.46. The van der Waals surface area contributed by atoms with Crippen molar-refractivity contribution in [2.75, 3.05) is 0 Å². The van der Waals surface area contributed by atoms with Crippen molar-refractivity contribution in [1.82, 2.24) is 4.98 Å². The van der Waals surface area contributed by atoms with Gasteiger partial charge >= 0.3 is 7.12 Å². The van der Waals surface area contributed by atoms with E-state index in [0.29, 0.717) is 5.46 Å². The normalized spacial score (nSPS) is 10.3. The Balaban J connectivity index is 2.49. The Morgan fingerprint density at radius 3 is 2.67 bits per heavy atom. The number of benzene rings is 1. The summed E-state index contributed by atoms with van der Waals surface area (Å²) in [5.41, 5.74) is 3.90. The van der Waals surface area contributed by atoms with E-state index in [9.17, 15) is 0 Å². The molecular formula is C9H7BBrNO2S. The molecule has 1 heterocycles. The SMILES string of the molecule is OB(O)c1cc(Br)cc(-c2cscn2)c1. The number of hydrogen-bond acceptors (Lipinski definition) is 4. The lowest BCUT2D eigenvalue weighted by atomic mass is 9.79. The molecule has 0 saturated carbocycles. The average Bonchev–Trinajstić information content (AvgIpc) is 2.69. The molecule has 2 N–H and O–H groups in total. The minimum atomic E-state index is -1.46. The van der Waals surface area contributed by atoms with Gasteiger partial charge in [0.15, 0.2) is 0 Å². The minimum Gasteiger partial charge on any atom is -0.423 e. The molecule has 2 aromatic rings. The van der Waals surface area contributed by atoms with Crippen molar-refractivity contribution in [3.63, 3.8) is 0 Å². The van der Waals surface area contributed by atoms with E-state index < -0.39 is 7.12 Å². The van der Waals surface area contributed by atoms with Crippen LogP contribution in [0.5, 0.6) is 0 Å². The molecule has 6 heteroatoms. The summed E-state index contributed by atoms with van der Waals surface area (Å²) >= 11 is 4.82. The van der Waals surface area contributed by atoms with Gasteiger partial charge in [-0.3, -0.25) is 0 Å². The van der Waals surface area contributed by atoms with E-state index in [0.717, 1.165) is 15.7 Å². The molecule has 2 rings (SSSR count). The monoisotopic (exact) mass is 283 g/mol. The Bertz CT molecular complexity index is 461. The molecule has 0 spiro atoms. The molecule has 76 valence electrons. The zero-order valence-electron chi connectivity index (χ0n) is 7.59. The van der Waals surface area contributed by atoms with Gasteiger partial charge in [-0.2, -0.15) is 0 Å². The summed E-state index contributed by atoms with van der Waals surface area (Å²) in [5, 5.41) is 20.1. The van der Waals surface area contributed by atoms with Crippen LogP contribution < -0.4 is 5.46 Å². The summed E-state index contributed by atoms with van der Waals surface area (Å²) < 4.78 is 0.802. The first-order valence-corrected chi connectivity index (χ1v) is 5.95. The Hall–Kier alpha value is -0.685. The maximum absolute atomic E-state index is 9.09. The molecule has 0 radical (unpaired) electrons. The lowest BCUT2D eigenvalue weighted by molar-refractivity contribution is 0.426. The van der Waals surface area contributed by atoms with Crippen LogP contribution in [-0.4, -0.2) is 22.2 Å². The van der Waals surface area contributed by atoms with Crippen LogP contribution in [0.2, 0.25) is 0 Å². The van der Waals surface area contributed by atoms with E-state index in [4.69, 9.17) is 10.0 Å². The minimum absolute atomic E-state index is 0.451. The van der Waals surface area contributed by atoms with Crippen molar-refractivity contribution in [3.05, 3.63) is 33.6 Å². The lowest BCUT2D eigenvalue weighted by Crippen LogP contribution is -2.29. The molecule has 15 heavy (non-hydrogen) atoms. The first-order valence-electron chi connectivity index (χ1n) is 4.22. The van der Waals surface area contributed by atoms with Crippen LogP contribution in [0.3, 0.4) is 0 Å². The fourth-order valence-electron chi connectivity index (χ4n) is 1.26. The van der Waals surface area contributed by atoms with E-state index in [1.807, 2.05) is 11.4 Å². The largest absolute Gasteiger partial charge is 0.488 e. The van der Waals surface area contributed by atoms with Gasteiger partial charge in [-0.15, -0.1) is 11.3 Å². The molecule has 3 nitrogen and oxygen atoms in total. The maximum atomic E-state index is 9.09. The Morgan fingerprint density at radius 1 is 1.27 bits per heavy atom. The highest BCUT2D eigenvalue weighted by atomic mass is 79.9. The van der Waals surface area contributed by atoms with Crippen LogP contribution in [0.15, 0.2) is 33.6 Å². The van der Waals surface area contributed by atoms with Gasteiger partial charge in [-0.1, -0.05) is 22.0 Å². The Morgan fingerprint density at radius 2 is 2.07 bits per heavy atom. The van der Waals surface area contributed by atoms with Crippen LogP contribution in [0.4, 0.5) is 0 Å². The van der Waals surface area contributed by atoms with E-state index in [1.165, 1.54) is 11.3 Å². The summed E-state index contributed by atoms with van der Waals surface area (Å²) in [4.78, 5) is 4.16. The van der Waals surface area contributed by atoms with Crippen molar-refractivity contribution in [1.29, 1.82) is 0 Å². The predicted molar refractivity (Wildman–Crippen MR) is 65.1 cm³/mol. The molecule has 0 unspecified atom stereocenters. The van der Waals surface area contributed by atoms with Crippen molar-refractivity contribution in [3.8, 4) is 11.3 Å². The van der Waals surface area contributed by atoms with Gasteiger partial charge < -0.3 is 10.0 Å². The molecule has 1 aromatic carbocycles. The molecule has 0 bridgehead atoms. The zero-order chi connectivity index (χ0) is 10.8. The number of hydrogen-bond donors (Lipinski definition) is 2. The molecule has 0 aliphatic rings. The molecule has 0 fully saturated rings. The molecule has 0 atom stereocenters. The number of thiazole rings is 1. The first-order chi connectivity index (χ1) is 7.16. The molecular weight excluding hydrogens is 277 g/mol. The van der Waals surface area contributed by atoms with Crippen LogP contribution in [-0.2, 0) is 0 Å². The highest BCUT2D eigenvalue weighted by Gasteiger charge is 2.13. The molecule has 0 aliphatic heterocycles.